The first-order valence-electron chi connectivity index (χ1n) is 8.83. The molecule has 2 aromatic heterocycles. The van der Waals surface area contributed by atoms with Gasteiger partial charge in [-0.3, -0.25) is 9.99 Å². The Morgan fingerprint density at radius 2 is 2.04 bits per heavy atom. The highest BCUT2D eigenvalue weighted by molar-refractivity contribution is 7.89. The maximum atomic E-state index is 11.8. The molecule has 0 unspecified atom stereocenters. The molecule has 1 aliphatic rings. The fourth-order valence-electron chi connectivity index (χ4n) is 3.72. The third kappa shape index (κ3) is 4.04. The van der Waals surface area contributed by atoms with Crippen molar-refractivity contribution in [2.24, 2.45) is 11.8 Å². The number of carbonyl (C=O) groups is 1. The molecule has 2 aromatic rings. The van der Waals surface area contributed by atoms with Gasteiger partial charge in [0.05, 0.1) is 11.1 Å². The second-order valence-electron chi connectivity index (χ2n) is 6.84. The molecule has 148 valence electrons. The van der Waals surface area contributed by atoms with Gasteiger partial charge in [0, 0.05) is 19.3 Å². The van der Waals surface area contributed by atoms with Gasteiger partial charge in [0.1, 0.15) is 12.1 Å². The van der Waals surface area contributed by atoms with E-state index in [1.165, 1.54) is 17.9 Å². The van der Waals surface area contributed by atoms with Gasteiger partial charge in [-0.25, -0.2) is 33.7 Å². The van der Waals surface area contributed by atoms with Crippen molar-refractivity contribution in [1.29, 1.82) is 0 Å². The third-order valence-corrected chi connectivity index (χ3v) is 6.80. The van der Waals surface area contributed by atoms with Crippen LogP contribution in [0.3, 0.4) is 0 Å². The molecule has 0 bridgehead atoms. The van der Waals surface area contributed by atoms with Crippen LogP contribution in [0.2, 0.25) is 0 Å². The molecule has 0 spiro atoms. The van der Waals surface area contributed by atoms with Crippen molar-refractivity contribution < 1.29 is 13.2 Å². The van der Waals surface area contributed by atoms with E-state index in [4.69, 9.17) is 5.84 Å². The van der Waals surface area contributed by atoms with E-state index in [2.05, 4.69) is 25.0 Å². The number of aromatic nitrogens is 3. The van der Waals surface area contributed by atoms with Gasteiger partial charge in [-0.2, -0.15) is 0 Å². The predicted octanol–water partition coefficient (Wildman–Crippen LogP) is 0.407. The lowest BCUT2D eigenvalue weighted by Crippen LogP contribution is -2.38. The summed E-state index contributed by atoms with van der Waals surface area (Å²) in [5.41, 5.74) is 2.59. The molecule has 0 radical (unpaired) electrons. The fourth-order valence-corrected chi connectivity index (χ4v) is 4.84. The molecule has 27 heavy (non-hydrogen) atoms. The molecule has 0 aliphatic heterocycles. The third-order valence-electron chi connectivity index (χ3n) is 5.27. The van der Waals surface area contributed by atoms with Crippen LogP contribution in [0.5, 0.6) is 0 Å². The molecule has 0 saturated heterocycles. The average Bonchev–Trinajstić information content (AvgIpc) is 3.11. The van der Waals surface area contributed by atoms with Gasteiger partial charge in [-0.1, -0.05) is 0 Å². The Morgan fingerprint density at radius 1 is 1.33 bits per heavy atom. The minimum absolute atomic E-state index is 0.173. The Balaban J connectivity index is 1.75. The summed E-state index contributed by atoms with van der Waals surface area (Å²) in [7, 11) is 0.239. The summed E-state index contributed by atoms with van der Waals surface area (Å²) in [5, 5.41) is 0.767. The van der Waals surface area contributed by atoms with Crippen molar-refractivity contribution in [3.05, 3.63) is 18.6 Å². The summed E-state index contributed by atoms with van der Waals surface area (Å²) < 4.78 is 27.2. The number of hydrogen-bond acceptors (Lipinski definition) is 7. The van der Waals surface area contributed by atoms with Gasteiger partial charge in [0.15, 0.2) is 5.65 Å². The van der Waals surface area contributed by atoms with Gasteiger partial charge in [-0.15, -0.1) is 0 Å². The van der Waals surface area contributed by atoms with Crippen LogP contribution in [0.15, 0.2) is 18.6 Å². The van der Waals surface area contributed by atoms with E-state index in [0.717, 1.165) is 36.9 Å². The topological polar surface area (TPSA) is 135 Å². The highest BCUT2D eigenvalue weighted by Gasteiger charge is 2.28. The van der Waals surface area contributed by atoms with Crippen LogP contribution in [0.25, 0.3) is 11.0 Å². The molecule has 11 heteroatoms. The Morgan fingerprint density at radius 3 is 2.67 bits per heavy atom. The number of hydrazine groups is 1. The van der Waals surface area contributed by atoms with Gasteiger partial charge < -0.3 is 4.90 Å². The van der Waals surface area contributed by atoms with Crippen molar-refractivity contribution in [2.45, 2.75) is 31.7 Å². The Labute approximate surface area is 158 Å². The first-order chi connectivity index (χ1) is 12.9. The van der Waals surface area contributed by atoms with E-state index in [1.54, 1.807) is 12.3 Å². The first-order valence-corrected chi connectivity index (χ1v) is 10.5. The van der Waals surface area contributed by atoms with Gasteiger partial charge >= 0.3 is 6.03 Å². The van der Waals surface area contributed by atoms with Crippen LogP contribution in [-0.4, -0.2) is 54.9 Å². The number of nitrogen functional groups attached to an aromatic ring is 1. The molecule has 0 atom stereocenters. The van der Waals surface area contributed by atoms with Crippen molar-refractivity contribution in [2.75, 3.05) is 24.7 Å². The highest BCUT2D eigenvalue weighted by atomic mass is 32.2. The van der Waals surface area contributed by atoms with Crippen LogP contribution in [-0.2, 0) is 10.0 Å². The number of hydrogen-bond donors (Lipinski definition) is 3. The smallest absolute Gasteiger partial charge is 0.341 e. The molecule has 1 aliphatic carbocycles. The predicted molar refractivity (Wildman–Crippen MR) is 103 cm³/mol. The normalized spacial score (nSPS) is 20.6. The van der Waals surface area contributed by atoms with Gasteiger partial charge in [0.2, 0.25) is 10.0 Å². The van der Waals surface area contributed by atoms with E-state index < -0.39 is 16.1 Å². The van der Waals surface area contributed by atoms with Crippen molar-refractivity contribution in [3.63, 3.8) is 0 Å². The summed E-state index contributed by atoms with van der Waals surface area (Å²) in [6, 6.07) is 1.58. The maximum Gasteiger partial charge on any atom is 0.341 e. The number of amides is 1. The second kappa shape index (κ2) is 7.79. The quantitative estimate of drug-likeness (QED) is 0.379. The van der Waals surface area contributed by atoms with Crippen molar-refractivity contribution in [3.8, 4) is 0 Å². The number of rotatable bonds is 5. The number of nitrogens with one attached hydrogen (secondary N) is 2. The van der Waals surface area contributed by atoms with E-state index >= 15 is 0 Å². The number of anilines is 1. The summed E-state index contributed by atoms with van der Waals surface area (Å²) in [4.78, 5) is 22.5. The van der Waals surface area contributed by atoms with Crippen LogP contribution in [0.1, 0.15) is 25.7 Å². The molecule has 0 aromatic carbocycles. The highest BCUT2D eigenvalue weighted by Crippen LogP contribution is 2.32. The maximum absolute atomic E-state index is 11.8. The van der Waals surface area contributed by atoms with Crippen molar-refractivity contribution >= 4 is 32.9 Å². The minimum atomic E-state index is -3.18. The first kappa shape index (κ1) is 19.5. The lowest BCUT2D eigenvalue weighted by atomic mass is 9.86. The van der Waals surface area contributed by atoms with Gasteiger partial charge in [0.25, 0.3) is 0 Å². The number of nitrogens with two attached hydrogens (primary N) is 1. The molecular formula is C16H25N7O3S. The Hall–Kier alpha value is -2.24. The molecule has 3 rings (SSSR count). The minimum Gasteiger partial charge on any atom is -0.356 e. The van der Waals surface area contributed by atoms with E-state index in [0.29, 0.717) is 5.65 Å². The zero-order chi connectivity index (χ0) is 19.6. The number of carbonyl (C=O) groups excluding carboxylic acids is 1. The number of nitrogens with zero attached hydrogens (tertiary/aromatic N) is 4. The summed E-state index contributed by atoms with van der Waals surface area (Å²) in [6.45, 7) is 0. The SMILES string of the molecule is CNS(=O)(=O)CC1CCC(N(C)c2ncnc3c2ccn3C(=O)NN)CC1. The van der Waals surface area contributed by atoms with E-state index in [1.807, 2.05) is 7.05 Å². The fraction of sp³-hybridized carbons (Fsp3) is 0.562. The lowest BCUT2D eigenvalue weighted by molar-refractivity contribution is 0.243. The summed E-state index contributed by atoms with van der Waals surface area (Å²) in [5.74, 6) is 6.31. The van der Waals surface area contributed by atoms with Crippen molar-refractivity contribution in [1.82, 2.24) is 24.7 Å². The zero-order valence-corrected chi connectivity index (χ0v) is 16.2. The monoisotopic (exact) mass is 395 g/mol. The summed E-state index contributed by atoms with van der Waals surface area (Å²) >= 11 is 0. The molecule has 1 saturated carbocycles. The van der Waals surface area contributed by atoms with Crippen LogP contribution >= 0.6 is 0 Å². The summed E-state index contributed by atoms with van der Waals surface area (Å²) in [6.07, 6.45) is 6.51. The van der Waals surface area contributed by atoms with Crippen LogP contribution < -0.4 is 20.9 Å². The largest absolute Gasteiger partial charge is 0.356 e. The standard InChI is InChI=1S/C16H25N7O3S/c1-18-27(25,26)9-11-3-5-12(6-4-11)22(2)14-13-7-8-23(16(24)21-17)15(13)20-10-19-14/h7-8,10-12,18H,3-6,9,17H2,1-2H3,(H,21,24). The number of fused-ring (bicyclic) bond motifs is 1. The molecule has 4 N–H and O–H groups in total. The molecule has 10 nitrogen and oxygen atoms in total. The zero-order valence-electron chi connectivity index (χ0n) is 15.4. The average molecular weight is 395 g/mol. The number of sulfonamides is 1. The molecule has 1 amide bonds. The molecular weight excluding hydrogens is 370 g/mol. The van der Waals surface area contributed by atoms with Crippen LogP contribution in [0, 0.1) is 5.92 Å². The van der Waals surface area contributed by atoms with Gasteiger partial charge in [-0.05, 0) is 44.7 Å². The molecule has 1 fully saturated rings. The lowest BCUT2D eigenvalue weighted by Gasteiger charge is -2.35. The van der Waals surface area contributed by atoms with Crippen LogP contribution in [0.4, 0.5) is 10.6 Å². The van der Waals surface area contributed by atoms with E-state index in [-0.39, 0.29) is 17.7 Å². The Kier molecular flexibility index (Phi) is 5.63. The van der Waals surface area contributed by atoms with E-state index in [9.17, 15) is 13.2 Å². The second-order valence-corrected chi connectivity index (χ2v) is 8.81. The molecule has 2 heterocycles. The Bertz CT molecular complexity index is 919.